The molecule has 150 valence electrons. The predicted octanol–water partition coefficient (Wildman–Crippen LogP) is 3.36. The van der Waals surface area contributed by atoms with Crippen molar-refractivity contribution >= 4 is 23.3 Å². The van der Waals surface area contributed by atoms with Gasteiger partial charge in [0.05, 0.1) is 5.69 Å². The Hall–Kier alpha value is -2.35. The molecular weight excluding hydrogens is 374 g/mol. The van der Waals surface area contributed by atoms with Gasteiger partial charge in [0.15, 0.2) is 11.7 Å². The Balaban J connectivity index is 2.04. The van der Waals surface area contributed by atoms with Crippen molar-refractivity contribution in [3.8, 4) is 0 Å². The second-order valence-electron chi connectivity index (χ2n) is 8.19. The minimum absolute atomic E-state index is 0.0272. The molecular formula is C20H27N5O2S. The number of carbonyl (C=O) groups is 2. The Bertz CT molecular complexity index is 783. The predicted molar refractivity (Wildman–Crippen MR) is 108 cm³/mol. The van der Waals surface area contributed by atoms with E-state index in [2.05, 4.69) is 19.9 Å². The van der Waals surface area contributed by atoms with Gasteiger partial charge in [0, 0.05) is 23.2 Å². The first kappa shape index (κ1) is 20.4. The molecule has 8 heteroatoms. The van der Waals surface area contributed by atoms with Crippen molar-refractivity contribution < 1.29 is 9.59 Å². The second-order valence-corrected chi connectivity index (χ2v) is 8.80. The average molecular weight is 402 g/mol. The van der Waals surface area contributed by atoms with E-state index < -0.39 is 11.6 Å². The molecule has 0 aliphatic heterocycles. The van der Waals surface area contributed by atoms with Crippen LogP contribution in [0, 0.1) is 0 Å². The number of hydrogen-bond acceptors (Lipinski definition) is 6. The van der Waals surface area contributed by atoms with Crippen LogP contribution in [0.1, 0.15) is 75.1 Å². The number of nitrogens with one attached hydrogen (secondary N) is 1. The fourth-order valence-corrected chi connectivity index (χ4v) is 4.05. The summed E-state index contributed by atoms with van der Waals surface area (Å²) in [6, 6.07) is 4.61. The van der Waals surface area contributed by atoms with Crippen LogP contribution in [0.3, 0.4) is 0 Å². The highest BCUT2D eigenvalue weighted by molar-refractivity contribution is 7.03. The maximum atomic E-state index is 13.4. The molecule has 1 aliphatic rings. The molecule has 1 saturated carbocycles. The van der Waals surface area contributed by atoms with Crippen LogP contribution in [-0.2, 0) is 4.79 Å². The van der Waals surface area contributed by atoms with Gasteiger partial charge in [-0.3, -0.25) is 14.6 Å². The van der Waals surface area contributed by atoms with E-state index in [0.29, 0.717) is 5.69 Å². The molecule has 0 bridgehead atoms. The van der Waals surface area contributed by atoms with Crippen molar-refractivity contribution in [2.45, 2.75) is 70.5 Å². The number of rotatable bonds is 5. The van der Waals surface area contributed by atoms with E-state index in [9.17, 15) is 9.59 Å². The lowest BCUT2D eigenvalue weighted by Crippen LogP contribution is -2.52. The van der Waals surface area contributed by atoms with Crippen molar-refractivity contribution in [2.75, 3.05) is 0 Å². The fraction of sp³-hybridized carbons (Fsp3) is 0.550. The molecule has 0 aromatic carbocycles. The Morgan fingerprint density at radius 1 is 1.21 bits per heavy atom. The Labute approximate surface area is 169 Å². The molecule has 1 N–H and O–H groups in total. The summed E-state index contributed by atoms with van der Waals surface area (Å²) in [5.74, 6) is -0.492. The fourth-order valence-electron chi connectivity index (χ4n) is 3.62. The standard InChI is InChI=1S/C20H27N5O2S/c1-20(2,3)22-18(26)17(15-11-7-8-12-21-15)25(14-9-5-4-6-10-14)19(27)16-13-28-24-23-16/h7-8,11-14,17H,4-6,9-10H2,1-3H3,(H,22,26)/t17-/m0/s1. The zero-order chi connectivity index (χ0) is 20.1. The summed E-state index contributed by atoms with van der Waals surface area (Å²) in [5.41, 5.74) is 0.416. The molecule has 2 heterocycles. The highest BCUT2D eigenvalue weighted by Crippen LogP contribution is 2.32. The third-order valence-electron chi connectivity index (χ3n) is 4.77. The Morgan fingerprint density at radius 3 is 2.54 bits per heavy atom. The first-order valence-corrected chi connectivity index (χ1v) is 10.5. The third-order valence-corrected chi connectivity index (χ3v) is 5.28. The molecule has 2 aromatic rings. The van der Waals surface area contributed by atoms with E-state index in [1.807, 2.05) is 26.8 Å². The molecule has 1 aliphatic carbocycles. The van der Waals surface area contributed by atoms with Gasteiger partial charge in [-0.05, 0) is 57.3 Å². The highest BCUT2D eigenvalue weighted by atomic mass is 32.1. The topological polar surface area (TPSA) is 88.1 Å². The first-order chi connectivity index (χ1) is 13.4. The lowest BCUT2D eigenvalue weighted by atomic mass is 9.91. The summed E-state index contributed by atoms with van der Waals surface area (Å²) >= 11 is 1.13. The molecule has 2 amide bonds. The molecule has 1 atom stereocenters. The highest BCUT2D eigenvalue weighted by Gasteiger charge is 2.39. The van der Waals surface area contributed by atoms with Crippen molar-refractivity contribution in [1.82, 2.24) is 24.8 Å². The number of hydrogen-bond donors (Lipinski definition) is 1. The van der Waals surface area contributed by atoms with Crippen LogP contribution < -0.4 is 5.32 Å². The van der Waals surface area contributed by atoms with Crippen LogP contribution in [-0.4, -0.2) is 42.9 Å². The normalized spacial score (nSPS) is 16.4. The third kappa shape index (κ3) is 4.92. The molecule has 28 heavy (non-hydrogen) atoms. The molecule has 7 nitrogen and oxygen atoms in total. The minimum Gasteiger partial charge on any atom is -0.349 e. The van der Waals surface area contributed by atoms with Crippen LogP contribution in [0.15, 0.2) is 29.8 Å². The van der Waals surface area contributed by atoms with Crippen LogP contribution in [0.4, 0.5) is 0 Å². The van der Waals surface area contributed by atoms with E-state index in [1.54, 1.807) is 28.6 Å². The molecule has 0 saturated heterocycles. The number of amides is 2. The van der Waals surface area contributed by atoms with E-state index in [0.717, 1.165) is 43.6 Å². The first-order valence-electron chi connectivity index (χ1n) is 9.69. The second kappa shape index (κ2) is 8.77. The zero-order valence-corrected chi connectivity index (χ0v) is 17.4. The SMILES string of the molecule is CC(C)(C)NC(=O)[C@H](c1ccccn1)N(C(=O)c1csnn1)C1CCCCC1. The molecule has 0 unspecified atom stereocenters. The van der Waals surface area contributed by atoms with Gasteiger partial charge in [0.25, 0.3) is 5.91 Å². The minimum atomic E-state index is -0.808. The summed E-state index contributed by atoms with van der Waals surface area (Å²) in [5, 5.41) is 8.63. The van der Waals surface area contributed by atoms with Gasteiger partial charge >= 0.3 is 0 Å². The van der Waals surface area contributed by atoms with Crippen LogP contribution in [0.2, 0.25) is 0 Å². The maximum Gasteiger partial charge on any atom is 0.276 e. The van der Waals surface area contributed by atoms with Gasteiger partial charge in [0.1, 0.15) is 0 Å². The summed E-state index contributed by atoms with van der Waals surface area (Å²) in [7, 11) is 0. The van der Waals surface area contributed by atoms with Crippen molar-refractivity contribution in [3.05, 3.63) is 41.2 Å². The molecule has 3 rings (SSSR count). The quantitative estimate of drug-likeness (QED) is 0.830. The summed E-state index contributed by atoms with van der Waals surface area (Å²) in [6.45, 7) is 5.78. The van der Waals surface area contributed by atoms with E-state index in [4.69, 9.17) is 0 Å². The van der Waals surface area contributed by atoms with Gasteiger partial charge in [-0.15, -0.1) is 5.10 Å². The lowest BCUT2D eigenvalue weighted by Gasteiger charge is -2.39. The molecule has 1 fully saturated rings. The lowest BCUT2D eigenvalue weighted by molar-refractivity contribution is -0.128. The number of carbonyl (C=O) groups excluding carboxylic acids is 2. The Morgan fingerprint density at radius 2 is 1.96 bits per heavy atom. The smallest absolute Gasteiger partial charge is 0.276 e. The van der Waals surface area contributed by atoms with E-state index in [-0.39, 0.29) is 23.6 Å². The zero-order valence-electron chi connectivity index (χ0n) is 16.6. The van der Waals surface area contributed by atoms with E-state index >= 15 is 0 Å². The Kier molecular flexibility index (Phi) is 6.39. The molecule has 0 spiro atoms. The molecule has 2 aromatic heterocycles. The van der Waals surface area contributed by atoms with Crippen molar-refractivity contribution in [2.24, 2.45) is 0 Å². The maximum absolute atomic E-state index is 13.4. The largest absolute Gasteiger partial charge is 0.349 e. The van der Waals surface area contributed by atoms with Gasteiger partial charge in [-0.1, -0.05) is 29.8 Å². The van der Waals surface area contributed by atoms with Crippen LogP contribution >= 0.6 is 11.5 Å². The number of aromatic nitrogens is 3. The number of nitrogens with zero attached hydrogens (tertiary/aromatic N) is 4. The summed E-state index contributed by atoms with van der Waals surface area (Å²) in [4.78, 5) is 32.9. The van der Waals surface area contributed by atoms with Gasteiger partial charge in [-0.25, -0.2) is 0 Å². The van der Waals surface area contributed by atoms with Crippen molar-refractivity contribution in [1.29, 1.82) is 0 Å². The monoisotopic (exact) mass is 401 g/mol. The average Bonchev–Trinajstić information content (AvgIpc) is 3.20. The van der Waals surface area contributed by atoms with Gasteiger partial charge in [0.2, 0.25) is 5.91 Å². The summed E-state index contributed by atoms with van der Waals surface area (Å²) < 4.78 is 3.84. The summed E-state index contributed by atoms with van der Waals surface area (Å²) in [6.07, 6.45) is 6.63. The molecule has 0 radical (unpaired) electrons. The van der Waals surface area contributed by atoms with Crippen LogP contribution in [0.25, 0.3) is 0 Å². The van der Waals surface area contributed by atoms with Gasteiger partial charge in [-0.2, -0.15) is 0 Å². The van der Waals surface area contributed by atoms with E-state index in [1.165, 1.54) is 0 Å². The number of pyridine rings is 1. The van der Waals surface area contributed by atoms with Crippen molar-refractivity contribution in [3.63, 3.8) is 0 Å². The van der Waals surface area contributed by atoms with Gasteiger partial charge < -0.3 is 10.2 Å². The van der Waals surface area contributed by atoms with Crippen LogP contribution in [0.5, 0.6) is 0 Å².